The van der Waals surface area contributed by atoms with E-state index in [1.165, 1.54) is 0 Å². The van der Waals surface area contributed by atoms with Gasteiger partial charge in [-0.15, -0.1) is 0 Å². The first-order valence-electron chi connectivity index (χ1n) is 9.82. The number of methoxy groups -OCH3 is 1. The third kappa shape index (κ3) is 4.17. The van der Waals surface area contributed by atoms with Crippen LogP contribution in [-0.2, 0) is 6.54 Å². The molecule has 1 saturated heterocycles. The molecule has 1 aromatic heterocycles. The number of nitrogens with zero attached hydrogens (tertiary/aromatic N) is 2. The number of amides is 1. The van der Waals surface area contributed by atoms with Crippen LogP contribution in [0.1, 0.15) is 21.5 Å². The van der Waals surface area contributed by atoms with Crippen molar-refractivity contribution in [1.29, 1.82) is 0 Å². The molecule has 0 bridgehead atoms. The second kappa shape index (κ2) is 8.09. The zero-order valence-corrected chi connectivity index (χ0v) is 16.8. The van der Waals surface area contributed by atoms with Crippen LogP contribution in [0.15, 0.2) is 53.3 Å². The summed E-state index contributed by atoms with van der Waals surface area (Å²) in [6.07, 6.45) is 0. The Hall–Kier alpha value is -3.12. The van der Waals surface area contributed by atoms with Gasteiger partial charge < -0.3 is 14.6 Å². The first kappa shape index (κ1) is 19.2. The van der Waals surface area contributed by atoms with Gasteiger partial charge in [-0.1, -0.05) is 17.7 Å². The van der Waals surface area contributed by atoms with Gasteiger partial charge in [0.05, 0.1) is 12.6 Å². The fourth-order valence-electron chi connectivity index (χ4n) is 3.78. The normalized spacial score (nSPS) is 14.9. The molecule has 1 amide bonds. The van der Waals surface area contributed by atoms with E-state index in [0.29, 0.717) is 19.6 Å². The van der Waals surface area contributed by atoms with E-state index >= 15 is 0 Å². The van der Waals surface area contributed by atoms with Crippen molar-refractivity contribution < 1.29 is 9.53 Å². The van der Waals surface area contributed by atoms with Gasteiger partial charge in [-0.2, -0.15) is 0 Å². The summed E-state index contributed by atoms with van der Waals surface area (Å²) in [4.78, 5) is 32.3. The molecule has 6 nitrogen and oxygen atoms in total. The molecule has 0 spiro atoms. The van der Waals surface area contributed by atoms with Crippen molar-refractivity contribution >= 4 is 16.8 Å². The minimum absolute atomic E-state index is 0.0749. The van der Waals surface area contributed by atoms with E-state index in [4.69, 9.17) is 4.74 Å². The second-order valence-electron chi connectivity index (χ2n) is 7.51. The Kier molecular flexibility index (Phi) is 5.36. The molecule has 29 heavy (non-hydrogen) atoms. The van der Waals surface area contributed by atoms with E-state index < -0.39 is 0 Å². The SMILES string of the molecule is COc1ccc2cc(CN3CCN(C(=O)c4cccc(C)c4)CC3)c(=O)[nH]c2c1. The molecule has 1 fully saturated rings. The number of aromatic nitrogens is 1. The molecule has 150 valence electrons. The van der Waals surface area contributed by atoms with E-state index in [1.807, 2.05) is 60.4 Å². The van der Waals surface area contributed by atoms with Crippen LogP contribution in [0.25, 0.3) is 10.9 Å². The quantitative estimate of drug-likeness (QED) is 0.743. The average molecular weight is 391 g/mol. The second-order valence-corrected chi connectivity index (χ2v) is 7.51. The molecule has 1 aliphatic heterocycles. The molecule has 0 saturated carbocycles. The Balaban J connectivity index is 1.42. The average Bonchev–Trinajstić information content (AvgIpc) is 2.74. The van der Waals surface area contributed by atoms with Crippen LogP contribution >= 0.6 is 0 Å². The Morgan fingerprint density at radius 1 is 1.07 bits per heavy atom. The van der Waals surface area contributed by atoms with Crippen molar-refractivity contribution in [2.75, 3.05) is 33.3 Å². The number of piperazine rings is 1. The molecule has 1 N–H and O–H groups in total. The molecule has 2 heterocycles. The number of ether oxygens (including phenoxy) is 1. The number of carbonyl (C=O) groups excluding carboxylic acids is 1. The number of benzene rings is 2. The van der Waals surface area contributed by atoms with Crippen molar-refractivity contribution in [3.63, 3.8) is 0 Å². The van der Waals surface area contributed by atoms with Crippen LogP contribution in [0, 0.1) is 6.92 Å². The maximum Gasteiger partial charge on any atom is 0.253 e. The highest BCUT2D eigenvalue weighted by molar-refractivity contribution is 5.94. The molecule has 0 aliphatic carbocycles. The maximum absolute atomic E-state index is 12.7. The highest BCUT2D eigenvalue weighted by Crippen LogP contribution is 2.19. The third-order valence-electron chi connectivity index (χ3n) is 5.45. The van der Waals surface area contributed by atoms with Gasteiger partial charge in [0.2, 0.25) is 0 Å². The van der Waals surface area contributed by atoms with Crippen molar-refractivity contribution in [2.24, 2.45) is 0 Å². The molecule has 0 radical (unpaired) electrons. The summed E-state index contributed by atoms with van der Waals surface area (Å²) in [6.45, 7) is 5.38. The van der Waals surface area contributed by atoms with E-state index in [-0.39, 0.29) is 11.5 Å². The Labute approximate surface area is 169 Å². The summed E-state index contributed by atoms with van der Waals surface area (Å²) in [5.74, 6) is 0.793. The van der Waals surface area contributed by atoms with Crippen LogP contribution in [0.5, 0.6) is 5.75 Å². The van der Waals surface area contributed by atoms with Gasteiger partial charge in [0.25, 0.3) is 11.5 Å². The summed E-state index contributed by atoms with van der Waals surface area (Å²) in [5, 5.41) is 0.980. The fraction of sp³-hybridized carbons (Fsp3) is 0.304. The van der Waals surface area contributed by atoms with Gasteiger partial charge in [0, 0.05) is 49.9 Å². The van der Waals surface area contributed by atoms with Crippen molar-refractivity contribution in [2.45, 2.75) is 13.5 Å². The van der Waals surface area contributed by atoms with Crippen LogP contribution in [0.4, 0.5) is 0 Å². The summed E-state index contributed by atoms with van der Waals surface area (Å²) in [5.41, 5.74) is 3.25. The number of aryl methyl sites for hydroxylation is 1. The van der Waals surface area contributed by atoms with Crippen LogP contribution in [0.3, 0.4) is 0 Å². The molecule has 1 aliphatic rings. The van der Waals surface area contributed by atoms with Crippen molar-refractivity contribution in [1.82, 2.24) is 14.8 Å². The number of hydrogen-bond donors (Lipinski definition) is 1. The highest BCUT2D eigenvalue weighted by Gasteiger charge is 2.22. The predicted octanol–water partition coefficient (Wildman–Crippen LogP) is 2.80. The Morgan fingerprint density at radius 3 is 2.59 bits per heavy atom. The van der Waals surface area contributed by atoms with Gasteiger partial charge >= 0.3 is 0 Å². The first-order valence-corrected chi connectivity index (χ1v) is 9.82. The maximum atomic E-state index is 12.7. The summed E-state index contributed by atoms with van der Waals surface area (Å²) >= 11 is 0. The van der Waals surface area contributed by atoms with Crippen molar-refractivity contribution in [3.05, 3.63) is 75.6 Å². The van der Waals surface area contributed by atoms with E-state index in [1.54, 1.807) is 7.11 Å². The Bertz CT molecular complexity index is 1100. The number of carbonyl (C=O) groups is 1. The van der Waals surface area contributed by atoms with Gasteiger partial charge in [0.1, 0.15) is 5.75 Å². The monoisotopic (exact) mass is 391 g/mol. The minimum atomic E-state index is -0.0796. The number of aromatic amines is 1. The lowest BCUT2D eigenvalue weighted by Gasteiger charge is -2.34. The zero-order chi connectivity index (χ0) is 20.4. The van der Waals surface area contributed by atoms with E-state index in [2.05, 4.69) is 9.88 Å². The van der Waals surface area contributed by atoms with Gasteiger partial charge in [-0.25, -0.2) is 0 Å². The van der Waals surface area contributed by atoms with Crippen LogP contribution in [0.2, 0.25) is 0 Å². The number of fused-ring (bicyclic) bond motifs is 1. The topological polar surface area (TPSA) is 65.6 Å². The number of pyridine rings is 1. The minimum Gasteiger partial charge on any atom is -0.497 e. The smallest absolute Gasteiger partial charge is 0.253 e. The van der Waals surface area contributed by atoms with Crippen molar-refractivity contribution in [3.8, 4) is 5.75 Å². The van der Waals surface area contributed by atoms with Gasteiger partial charge in [0.15, 0.2) is 0 Å². The largest absolute Gasteiger partial charge is 0.497 e. The van der Waals surface area contributed by atoms with E-state index in [9.17, 15) is 9.59 Å². The molecule has 3 aromatic rings. The first-order chi connectivity index (χ1) is 14.0. The number of hydrogen-bond acceptors (Lipinski definition) is 4. The number of nitrogens with one attached hydrogen (secondary N) is 1. The predicted molar refractivity (Wildman–Crippen MR) is 113 cm³/mol. The third-order valence-corrected chi connectivity index (χ3v) is 5.45. The molecule has 6 heteroatoms. The molecule has 0 unspecified atom stereocenters. The Morgan fingerprint density at radius 2 is 1.86 bits per heavy atom. The van der Waals surface area contributed by atoms with Gasteiger partial charge in [-0.3, -0.25) is 14.5 Å². The van der Waals surface area contributed by atoms with Crippen LogP contribution in [-0.4, -0.2) is 54.0 Å². The van der Waals surface area contributed by atoms with Crippen LogP contribution < -0.4 is 10.3 Å². The summed E-state index contributed by atoms with van der Waals surface area (Å²) in [6, 6.07) is 15.3. The fourth-order valence-corrected chi connectivity index (χ4v) is 3.78. The lowest BCUT2D eigenvalue weighted by Crippen LogP contribution is -2.48. The molecule has 4 rings (SSSR count). The molecular weight excluding hydrogens is 366 g/mol. The zero-order valence-electron chi connectivity index (χ0n) is 16.8. The standard InChI is InChI=1S/C23H25N3O3/c1-16-4-3-5-18(12-16)23(28)26-10-8-25(9-11-26)15-19-13-17-6-7-20(29-2)14-21(17)24-22(19)27/h3-7,12-14H,8-11,15H2,1-2H3,(H,24,27). The van der Waals surface area contributed by atoms with E-state index in [0.717, 1.165) is 46.4 Å². The number of rotatable bonds is 4. The molecule has 0 atom stereocenters. The molecular formula is C23H25N3O3. The summed E-state index contributed by atoms with van der Waals surface area (Å²) < 4.78 is 5.22. The number of H-pyrrole nitrogens is 1. The van der Waals surface area contributed by atoms with Gasteiger partial charge in [-0.05, 0) is 42.6 Å². The summed E-state index contributed by atoms with van der Waals surface area (Å²) in [7, 11) is 1.61. The lowest BCUT2D eigenvalue weighted by molar-refractivity contribution is 0.0628. The highest BCUT2D eigenvalue weighted by atomic mass is 16.5. The molecule has 2 aromatic carbocycles. The lowest BCUT2D eigenvalue weighted by atomic mass is 10.1.